The highest BCUT2D eigenvalue weighted by Crippen LogP contribution is 2.69. The van der Waals surface area contributed by atoms with E-state index in [0.717, 1.165) is 54.3 Å². The lowest BCUT2D eigenvalue weighted by atomic mass is 9.47. The van der Waals surface area contributed by atoms with Gasteiger partial charge in [-0.3, -0.25) is 0 Å². The molecule has 46 heavy (non-hydrogen) atoms. The van der Waals surface area contributed by atoms with Crippen molar-refractivity contribution in [1.29, 1.82) is 0 Å². The Morgan fingerprint density at radius 3 is 2.20 bits per heavy atom. The molecule has 0 aromatic heterocycles. The number of fused-ring (bicyclic) bond motifs is 5. The Kier molecular flexibility index (Phi) is 15.8. The van der Waals surface area contributed by atoms with Gasteiger partial charge in [0.15, 0.2) is 0 Å². The van der Waals surface area contributed by atoms with Crippen LogP contribution in [0, 0.1) is 52.3 Å². The van der Waals surface area contributed by atoms with Crippen LogP contribution in [-0.4, -0.2) is 11.2 Å². The minimum Gasteiger partial charge on any atom is -0.393 e. The van der Waals surface area contributed by atoms with Gasteiger partial charge in [-0.25, -0.2) is 0 Å². The van der Waals surface area contributed by atoms with E-state index in [-0.39, 0.29) is 6.10 Å². The first-order valence-electron chi connectivity index (χ1n) is 21.2. The van der Waals surface area contributed by atoms with Crippen molar-refractivity contribution in [1.82, 2.24) is 0 Å². The molecule has 3 saturated carbocycles. The normalized spacial score (nSPS) is 34.8. The Labute approximate surface area is 288 Å². The van der Waals surface area contributed by atoms with Crippen molar-refractivity contribution in [2.75, 3.05) is 0 Å². The highest BCUT2D eigenvalue weighted by Gasteiger charge is 2.61. The summed E-state index contributed by atoms with van der Waals surface area (Å²) in [5.74, 6) is 6.26. The summed E-state index contributed by atoms with van der Waals surface area (Å²) in [6.45, 7) is 15.2. The van der Waals surface area contributed by atoms with Crippen LogP contribution in [0.2, 0.25) is 0 Å². The van der Waals surface area contributed by atoms with Crippen LogP contribution in [0.25, 0.3) is 0 Å². The average Bonchev–Trinajstić information content (AvgIpc) is 3.33. The Bertz CT molecular complexity index is 914. The standard InChI is InChI=1S/C45H80O/c1-7-8-9-10-11-12-13-14-15-16-17-18-19-20-21-22-26-37-33-42-40-28-27-38-34-39(46)29-31-44(38,5)41(40)30-32-45(42,6)43(37)36(4)25-23-24-35(2)3/h14-15,27,35-37,39-43,46H,7-13,16-26,28-34H2,1-6H3/b15-14-/t36-,37?,39+,40-,41+,42+,43+,44+,45+/m1/s1/i26+2. The zero-order valence-corrected chi connectivity index (χ0v) is 32.0. The van der Waals surface area contributed by atoms with Crippen molar-refractivity contribution in [2.24, 2.45) is 52.3 Å². The highest BCUT2D eigenvalue weighted by molar-refractivity contribution is 5.25. The van der Waals surface area contributed by atoms with Crippen molar-refractivity contribution in [3.05, 3.63) is 23.8 Å². The molecule has 4 rings (SSSR count). The monoisotopic (exact) mass is 639 g/mol. The van der Waals surface area contributed by atoms with Crippen LogP contribution in [0.4, 0.5) is 0 Å². The molecule has 1 nitrogen and oxygen atoms in total. The fraction of sp³-hybridized carbons (Fsp3) is 0.911. The minimum absolute atomic E-state index is 0.0896. The molecule has 0 amide bonds. The molecule has 0 heterocycles. The Balaban J connectivity index is 1.24. The number of aliphatic hydroxyl groups is 1. The van der Waals surface area contributed by atoms with Crippen LogP contribution in [0.3, 0.4) is 0 Å². The van der Waals surface area contributed by atoms with Gasteiger partial charge in [-0.05, 0) is 123 Å². The maximum atomic E-state index is 10.5. The molecular weight excluding hydrogens is 558 g/mol. The van der Waals surface area contributed by atoms with Gasteiger partial charge in [-0.1, -0.05) is 155 Å². The molecular formula is C45H80O. The van der Waals surface area contributed by atoms with E-state index in [2.05, 4.69) is 59.8 Å². The van der Waals surface area contributed by atoms with Crippen LogP contribution in [0.5, 0.6) is 0 Å². The van der Waals surface area contributed by atoms with E-state index < -0.39 is 0 Å². The Morgan fingerprint density at radius 2 is 1.50 bits per heavy atom. The van der Waals surface area contributed by atoms with Gasteiger partial charge in [-0.15, -0.1) is 0 Å². The fourth-order valence-electron chi connectivity index (χ4n) is 12.0. The minimum atomic E-state index is -0.0896. The zero-order valence-electron chi connectivity index (χ0n) is 32.0. The van der Waals surface area contributed by atoms with Crippen molar-refractivity contribution < 1.29 is 5.11 Å². The predicted octanol–water partition coefficient (Wildman–Crippen LogP) is 14.0. The lowest BCUT2D eigenvalue weighted by molar-refractivity contribution is -0.0590. The molecule has 1 N–H and O–H groups in total. The molecule has 0 aromatic rings. The van der Waals surface area contributed by atoms with Gasteiger partial charge in [0.1, 0.15) is 0 Å². The molecule has 266 valence electrons. The smallest absolute Gasteiger partial charge is 0.0577 e. The second-order valence-corrected chi connectivity index (χ2v) is 18.3. The Hall–Kier alpha value is -0.560. The summed E-state index contributed by atoms with van der Waals surface area (Å²) in [5.41, 5.74) is 2.54. The Morgan fingerprint density at radius 1 is 0.826 bits per heavy atom. The fourth-order valence-corrected chi connectivity index (χ4v) is 12.0. The number of hydrogen-bond acceptors (Lipinski definition) is 1. The van der Waals surface area contributed by atoms with Crippen LogP contribution in [-0.2, 0) is 0 Å². The predicted molar refractivity (Wildman–Crippen MR) is 202 cm³/mol. The maximum absolute atomic E-state index is 10.5. The van der Waals surface area contributed by atoms with Crippen LogP contribution in [0.1, 0.15) is 202 Å². The van der Waals surface area contributed by atoms with E-state index in [0.29, 0.717) is 10.8 Å². The third-order valence-electron chi connectivity index (χ3n) is 14.5. The summed E-state index contributed by atoms with van der Waals surface area (Å²) >= 11 is 0. The lowest BCUT2D eigenvalue weighted by Gasteiger charge is -2.58. The summed E-state index contributed by atoms with van der Waals surface area (Å²) in [6.07, 6.45) is 41.9. The molecule has 9 atom stereocenters. The molecule has 0 saturated heterocycles. The average molecular weight is 639 g/mol. The second kappa shape index (κ2) is 19.0. The van der Waals surface area contributed by atoms with Crippen LogP contribution in [0.15, 0.2) is 23.8 Å². The molecule has 0 aromatic carbocycles. The summed E-state index contributed by atoms with van der Waals surface area (Å²) in [4.78, 5) is 0. The van der Waals surface area contributed by atoms with Crippen molar-refractivity contribution in [3.63, 3.8) is 0 Å². The number of rotatable bonds is 21. The first kappa shape index (κ1) is 38.2. The van der Waals surface area contributed by atoms with Gasteiger partial charge in [0.05, 0.1) is 6.10 Å². The van der Waals surface area contributed by atoms with Gasteiger partial charge in [0, 0.05) is 0 Å². The van der Waals surface area contributed by atoms with Gasteiger partial charge in [0.25, 0.3) is 0 Å². The van der Waals surface area contributed by atoms with Crippen molar-refractivity contribution >= 4 is 0 Å². The molecule has 0 bridgehead atoms. The van der Waals surface area contributed by atoms with Gasteiger partial charge in [0.2, 0.25) is 0 Å². The van der Waals surface area contributed by atoms with E-state index in [4.69, 9.17) is 0 Å². The molecule has 1 heteroatoms. The van der Waals surface area contributed by atoms with Crippen molar-refractivity contribution in [3.8, 4) is 0 Å². The number of aliphatic hydroxyl groups excluding tert-OH is 1. The van der Waals surface area contributed by atoms with E-state index in [9.17, 15) is 5.11 Å². The van der Waals surface area contributed by atoms with Gasteiger partial charge >= 0.3 is 0 Å². The SMILES string of the molecule is CCCCCCCC/C=C\CCCCCCC[14CH2]C1C[C@H]2[C@@H]3CC=C4C[C@@H](O)CC[C@]4(C)[C@H]3CC[C@]2(C)[C@H]1[C@H](C)CCCC(C)C. The molecule has 0 radical (unpaired) electrons. The van der Waals surface area contributed by atoms with E-state index in [1.807, 2.05) is 0 Å². The number of allylic oxidation sites excluding steroid dienone is 3. The number of unbranched alkanes of at least 4 members (excludes halogenated alkanes) is 12. The molecule has 0 aliphatic heterocycles. The second-order valence-electron chi connectivity index (χ2n) is 18.3. The van der Waals surface area contributed by atoms with Gasteiger partial charge in [-0.2, -0.15) is 0 Å². The molecule has 0 spiro atoms. The molecule has 4 aliphatic rings. The first-order valence-corrected chi connectivity index (χ1v) is 21.2. The quantitative estimate of drug-likeness (QED) is 0.0979. The molecule has 1 unspecified atom stereocenters. The zero-order chi connectivity index (χ0) is 33.0. The lowest BCUT2D eigenvalue weighted by Crippen LogP contribution is -2.51. The van der Waals surface area contributed by atoms with Crippen LogP contribution >= 0.6 is 0 Å². The largest absolute Gasteiger partial charge is 0.393 e. The summed E-state index contributed by atoms with van der Waals surface area (Å²) in [5, 5.41) is 10.5. The van der Waals surface area contributed by atoms with Crippen LogP contribution < -0.4 is 0 Å². The third-order valence-corrected chi connectivity index (χ3v) is 14.5. The third kappa shape index (κ3) is 10.0. The highest BCUT2D eigenvalue weighted by atomic mass is 16.3. The number of hydrogen-bond donors (Lipinski definition) is 1. The van der Waals surface area contributed by atoms with Crippen molar-refractivity contribution in [2.45, 2.75) is 208 Å². The summed E-state index contributed by atoms with van der Waals surface area (Å²) in [7, 11) is 0. The summed E-state index contributed by atoms with van der Waals surface area (Å²) in [6, 6.07) is 0. The first-order chi connectivity index (χ1) is 22.2. The molecule has 3 fully saturated rings. The maximum Gasteiger partial charge on any atom is 0.0577 e. The molecule has 4 aliphatic carbocycles. The van der Waals surface area contributed by atoms with E-state index >= 15 is 0 Å². The van der Waals surface area contributed by atoms with Gasteiger partial charge < -0.3 is 5.11 Å². The van der Waals surface area contributed by atoms with E-state index in [1.165, 1.54) is 148 Å². The van der Waals surface area contributed by atoms with E-state index in [1.54, 1.807) is 5.57 Å². The topological polar surface area (TPSA) is 20.2 Å². The summed E-state index contributed by atoms with van der Waals surface area (Å²) < 4.78 is 0.